The quantitative estimate of drug-likeness (QED) is 0.663. The van der Waals surface area contributed by atoms with E-state index in [1.165, 1.54) is 6.07 Å². The van der Waals surface area contributed by atoms with Crippen LogP contribution in [0.15, 0.2) is 42.5 Å². The molecule has 170 valence electrons. The maximum atomic E-state index is 14.2. The Morgan fingerprint density at radius 2 is 1.72 bits per heavy atom. The third-order valence-electron chi connectivity index (χ3n) is 5.73. The molecule has 2 aliphatic rings. The van der Waals surface area contributed by atoms with Crippen molar-refractivity contribution < 1.29 is 23.5 Å². The average Bonchev–Trinajstić information content (AvgIpc) is 3.28. The number of carbonyl (C=O) groups is 2. The first kappa shape index (κ1) is 21.9. The summed E-state index contributed by atoms with van der Waals surface area (Å²) < 4.78 is 25.1. The molecule has 0 radical (unpaired) electrons. The first-order chi connectivity index (χ1) is 15.6. The Hall–Kier alpha value is -3.33. The minimum atomic E-state index is -0.664. The molecule has 9 heteroatoms. The molecule has 0 aromatic heterocycles. The topological polar surface area (TPSA) is 83.1 Å². The minimum absolute atomic E-state index is 0.175. The molecule has 1 fully saturated rings. The van der Waals surface area contributed by atoms with Crippen LogP contribution >= 0.6 is 0 Å². The molecule has 8 nitrogen and oxygen atoms in total. The number of fused-ring (bicyclic) bond motifs is 1. The second kappa shape index (κ2) is 9.86. The maximum absolute atomic E-state index is 14.2. The molecule has 0 aliphatic carbocycles. The van der Waals surface area contributed by atoms with Gasteiger partial charge in [-0.25, -0.2) is 4.39 Å². The number of benzene rings is 2. The van der Waals surface area contributed by atoms with Gasteiger partial charge in [0.05, 0.1) is 11.7 Å². The lowest BCUT2D eigenvalue weighted by Gasteiger charge is -2.40. The molecule has 2 aromatic carbocycles. The van der Waals surface area contributed by atoms with Gasteiger partial charge in [0.15, 0.2) is 11.5 Å². The summed E-state index contributed by atoms with van der Waals surface area (Å²) in [6, 6.07) is 12.3. The highest BCUT2D eigenvalue weighted by atomic mass is 19.1. The van der Waals surface area contributed by atoms with Gasteiger partial charge < -0.3 is 25.0 Å². The number of halogens is 1. The number of nitrogens with zero attached hydrogens (tertiary/aromatic N) is 2. The van der Waals surface area contributed by atoms with Gasteiger partial charge in [0.1, 0.15) is 5.82 Å². The molecule has 2 N–H and O–H groups in total. The third kappa shape index (κ3) is 4.77. The summed E-state index contributed by atoms with van der Waals surface area (Å²) in [7, 11) is 0. The number of para-hydroxylation sites is 1. The van der Waals surface area contributed by atoms with Crippen molar-refractivity contribution in [3.63, 3.8) is 0 Å². The summed E-state index contributed by atoms with van der Waals surface area (Å²) >= 11 is 0. The van der Waals surface area contributed by atoms with Crippen molar-refractivity contribution in [1.82, 2.24) is 15.5 Å². The van der Waals surface area contributed by atoms with Crippen LogP contribution in [-0.2, 0) is 9.59 Å². The standard InChI is InChI=1S/C23H27FN4O4/c1-2-25-22(29)23(30)26-14-19(16-7-8-20-21(13-16)32-15-31-20)28-11-9-27(10-12-28)18-6-4-3-5-17(18)24/h3-8,13,19H,2,9-12,14-15H2,1H3,(H,25,29)(H,26,30)/t19-/m0/s1. The second-order valence-corrected chi connectivity index (χ2v) is 7.67. The van der Waals surface area contributed by atoms with Gasteiger partial charge in [-0.3, -0.25) is 14.5 Å². The van der Waals surface area contributed by atoms with Crippen LogP contribution in [0.3, 0.4) is 0 Å². The van der Waals surface area contributed by atoms with E-state index in [9.17, 15) is 14.0 Å². The molecule has 0 saturated carbocycles. The fourth-order valence-electron chi connectivity index (χ4n) is 4.07. The average molecular weight is 442 g/mol. The highest BCUT2D eigenvalue weighted by Crippen LogP contribution is 2.35. The summed E-state index contributed by atoms with van der Waals surface area (Å²) in [4.78, 5) is 28.3. The van der Waals surface area contributed by atoms with Crippen LogP contribution in [0.1, 0.15) is 18.5 Å². The van der Waals surface area contributed by atoms with Crippen molar-refractivity contribution in [2.75, 3.05) is 51.0 Å². The number of anilines is 1. The van der Waals surface area contributed by atoms with Gasteiger partial charge in [0.25, 0.3) is 0 Å². The maximum Gasteiger partial charge on any atom is 0.309 e. The van der Waals surface area contributed by atoms with E-state index in [0.717, 1.165) is 5.56 Å². The number of ether oxygens (including phenoxy) is 2. The summed E-state index contributed by atoms with van der Waals surface area (Å²) in [5.74, 6) is -0.206. The Balaban J connectivity index is 1.48. The van der Waals surface area contributed by atoms with Gasteiger partial charge in [-0.15, -0.1) is 0 Å². The molecule has 1 saturated heterocycles. The Bertz CT molecular complexity index is 978. The Labute approximate surface area is 186 Å². The Kier molecular flexibility index (Phi) is 6.75. The third-order valence-corrected chi connectivity index (χ3v) is 5.73. The number of hydrogen-bond donors (Lipinski definition) is 2. The number of likely N-dealkylation sites (N-methyl/N-ethyl adjacent to an activating group) is 1. The van der Waals surface area contributed by atoms with E-state index in [0.29, 0.717) is 49.9 Å². The largest absolute Gasteiger partial charge is 0.454 e. The van der Waals surface area contributed by atoms with Crippen molar-refractivity contribution in [3.05, 3.63) is 53.8 Å². The van der Waals surface area contributed by atoms with Crippen molar-refractivity contribution >= 4 is 17.5 Å². The van der Waals surface area contributed by atoms with Crippen LogP contribution in [0.25, 0.3) is 0 Å². The fourth-order valence-corrected chi connectivity index (χ4v) is 4.07. The number of amides is 2. The normalized spacial score (nSPS) is 16.5. The van der Waals surface area contributed by atoms with Gasteiger partial charge in [-0.1, -0.05) is 18.2 Å². The van der Waals surface area contributed by atoms with E-state index in [4.69, 9.17) is 9.47 Å². The summed E-state index contributed by atoms with van der Waals surface area (Å²) in [5.41, 5.74) is 1.54. The van der Waals surface area contributed by atoms with Crippen LogP contribution in [0.4, 0.5) is 10.1 Å². The highest BCUT2D eigenvalue weighted by molar-refractivity contribution is 6.35. The van der Waals surface area contributed by atoms with Crippen LogP contribution in [0.2, 0.25) is 0 Å². The zero-order valence-electron chi connectivity index (χ0n) is 18.0. The fraction of sp³-hybridized carbons (Fsp3) is 0.391. The zero-order valence-corrected chi connectivity index (χ0v) is 18.0. The number of hydrogen-bond acceptors (Lipinski definition) is 6. The van der Waals surface area contributed by atoms with Crippen LogP contribution in [-0.4, -0.2) is 62.8 Å². The molecule has 0 unspecified atom stereocenters. The van der Waals surface area contributed by atoms with Crippen LogP contribution in [0.5, 0.6) is 11.5 Å². The van der Waals surface area contributed by atoms with Gasteiger partial charge in [-0.2, -0.15) is 0 Å². The minimum Gasteiger partial charge on any atom is -0.454 e. The zero-order chi connectivity index (χ0) is 22.5. The number of rotatable bonds is 6. The molecular weight excluding hydrogens is 415 g/mol. The van der Waals surface area contributed by atoms with Gasteiger partial charge in [-0.05, 0) is 36.8 Å². The first-order valence-electron chi connectivity index (χ1n) is 10.8. The molecule has 2 amide bonds. The van der Waals surface area contributed by atoms with Crippen molar-refractivity contribution in [3.8, 4) is 11.5 Å². The Morgan fingerprint density at radius 1 is 1.00 bits per heavy atom. The van der Waals surface area contributed by atoms with E-state index in [1.807, 2.05) is 29.2 Å². The first-order valence-corrected chi connectivity index (χ1v) is 10.8. The van der Waals surface area contributed by atoms with E-state index >= 15 is 0 Å². The lowest BCUT2D eigenvalue weighted by atomic mass is 10.0. The van der Waals surface area contributed by atoms with Gasteiger partial charge in [0, 0.05) is 39.3 Å². The van der Waals surface area contributed by atoms with Crippen molar-refractivity contribution in [2.24, 2.45) is 0 Å². The van der Waals surface area contributed by atoms with Crippen molar-refractivity contribution in [2.45, 2.75) is 13.0 Å². The SMILES string of the molecule is CCNC(=O)C(=O)NC[C@@H](c1ccc2c(c1)OCO2)N1CCN(c2ccccc2F)CC1. The lowest BCUT2D eigenvalue weighted by Crippen LogP contribution is -2.51. The number of carbonyl (C=O) groups excluding carboxylic acids is 2. The second-order valence-electron chi connectivity index (χ2n) is 7.67. The smallest absolute Gasteiger partial charge is 0.309 e. The molecule has 0 spiro atoms. The van der Waals surface area contributed by atoms with E-state index in [-0.39, 0.29) is 25.2 Å². The molecule has 0 bridgehead atoms. The van der Waals surface area contributed by atoms with Gasteiger partial charge in [0.2, 0.25) is 6.79 Å². The molecule has 2 heterocycles. The highest BCUT2D eigenvalue weighted by Gasteiger charge is 2.28. The van der Waals surface area contributed by atoms with Crippen LogP contribution < -0.4 is 25.0 Å². The van der Waals surface area contributed by atoms with E-state index < -0.39 is 11.8 Å². The molecule has 2 aliphatic heterocycles. The molecule has 2 aromatic rings. The van der Waals surface area contributed by atoms with Crippen molar-refractivity contribution in [1.29, 1.82) is 0 Å². The molecule has 4 rings (SSSR count). The summed E-state index contributed by atoms with van der Waals surface area (Å²) in [6.07, 6.45) is 0. The molecular formula is C23H27FN4O4. The lowest BCUT2D eigenvalue weighted by molar-refractivity contribution is -0.139. The summed E-state index contributed by atoms with van der Waals surface area (Å²) in [6.45, 7) is 5.22. The Morgan fingerprint density at radius 3 is 2.47 bits per heavy atom. The van der Waals surface area contributed by atoms with Crippen LogP contribution in [0, 0.1) is 5.82 Å². The number of nitrogens with one attached hydrogen (secondary N) is 2. The predicted molar refractivity (Wildman–Crippen MR) is 117 cm³/mol. The van der Waals surface area contributed by atoms with Gasteiger partial charge >= 0.3 is 11.8 Å². The summed E-state index contributed by atoms with van der Waals surface area (Å²) in [5, 5.41) is 5.25. The molecule has 1 atom stereocenters. The monoisotopic (exact) mass is 442 g/mol. The number of piperazine rings is 1. The molecule has 32 heavy (non-hydrogen) atoms. The predicted octanol–water partition coefficient (Wildman–Crippen LogP) is 1.67. The van der Waals surface area contributed by atoms with E-state index in [2.05, 4.69) is 15.5 Å². The van der Waals surface area contributed by atoms with E-state index in [1.54, 1.807) is 19.1 Å².